The van der Waals surface area contributed by atoms with E-state index in [1.54, 1.807) is 10.6 Å². The Bertz CT molecular complexity index is 671. The van der Waals surface area contributed by atoms with Crippen LogP contribution in [-0.4, -0.2) is 17.6 Å². The summed E-state index contributed by atoms with van der Waals surface area (Å²) in [5.74, 6) is -0.400. The van der Waals surface area contributed by atoms with E-state index >= 15 is 0 Å². The highest BCUT2D eigenvalue weighted by Crippen LogP contribution is 2.17. The Hall–Kier alpha value is -2.10. The Balaban J connectivity index is 2.70. The number of para-hydroxylation sites is 1. The minimum atomic E-state index is -0.400. The van der Waals surface area contributed by atoms with Gasteiger partial charge < -0.3 is 9.30 Å². The standard InChI is InChI=1S/C15H17NO3/c1-10(2)16-13-7-5-4-6-11(13)8-12(15(16)18)9-14(17)19-3/h4-8,10H,9H2,1-3H3. The number of esters is 1. The molecule has 4 heteroatoms. The van der Waals surface area contributed by atoms with Crippen LogP contribution < -0.4 is 5.56 Å². The van der Waals surface area contributed by atoms with Crippen molar-refractivity contribution in [3.8, 4) is 0 Å². The summed E-state index contributed by atoms with van der Waals surface area (Å²) in [6.45, 7) is 3.91. The summed E-state index contributed by atoms with van der Waals surface area (Å²) in [6, 6.07) is 9.48. The SMILES string of the molecule is COC(=O)Cc1cc2ccccc2n(C(C)C)c1=O. The Morgan fingerprint density at radius 2 is 2.00 bits per heavy atom. The molecule has 19 heavy (non-hydrogen) atoms. The van der Waals surface area contributed by atoms with Gasteiger partial charge in [0.1, 0.15) is 0 Å². The van der Waals surface area contributed by atoms with Gasteiger partial charge in [0.2, 0.25) is 0 Å². The maximum atomic E-state index is 12.4. The van der Waals surface area contributed by atoms with Crippen molar-refractivity contribution < 1.29 is 9.53 Å². The zero-order chi connectivity index (χ0) is 14.0. The van der Waals surface area contributed by atoms with Gasteiger partial charge in [-0.3, -0.25) is 9.59 Å². The number of ether oxygens (including phenoxy) is 1. The lowest BCUT2D eigenvalue weighted by Crippen LogP contribution is -2.27. The fraction of sp³-hybridized carbons (Fsp3) is 0.333. The first-order valence-electron chi connectivity index (χ1n) is 6.24. The van der Waals surface area contributed by atoms with Crippen LogP contribution in [0.2, 0.25) is 0 Å². The second-order valence-electron chi connectivity index (χ2n) is 4.75. The van der Waals surface area contributed by atoms with E-state index < -0.39 is 5.97 Å². The van der Waals surface area contributed by atoms with Gasteiger partial charge in [-0.15, -0.1) is 0 Å². The highest BCUT2D eigenvalue weighted by Gasteiger charge is 2.14. The summed E-state index contributed by atoms with van der Waals surface area (Å²) in [6.07, 6.45) is 0.00683. The molecule has 1 aromatic carbocycles. The van der Waals surface area contributed by atoms with Crippen molar-refractivity contribution in [2.24, 2.45) is 0 Å². The van der Waals surface area contributed by atoms with Gasteiger partial charge in [0.25, 0.3) is 5.56 Å². The van der Waals surface area contributed by atoms with Crippen LogP contribution in [0, 0.1) is 0 Å². The number of nitrogens with zero attached hydrogens (tertiary/aromatic N) is 1. The van der Waals surface area contributed by atoms with Gasteiger partial charge in [-0.25, -0.2) is 0 Å². The number of fused-ring (bicyclic) bond motifs is 1. The largest absolute Gasteiger partial charge is 0.469 e. The smallest absolute Gasteiger partial charge is 0.310 e. The molecule has 2 rings (SSSR count). The van der Waals surface area contributed by atoms with Crippen molar-refractivity contribution in [3.05, 3.63) is 46.2 Å². The fourth-order valence-corrected chi connectivity index (χ4v) is 2.21. The lowest BCUT2D eigenvalue weighted by atomic mass is 10.1. The topological polar surface area (TPSA) is 48.3 Å². The van der Waals surface area contributed by atoms with Gasteiger partial charge in [0.05, 0.1) is 19.0 Å². The molecule has 0 unspecified atom stereocenters. The van der Waals surface area contributed by atoms with Crippen molar-refractivity contribution >= 4 is 16.9 Å². The molecule has 1 heterocycles. The van der Waals surface area contributed by atoms with E-state index in [1.165, 1.54) is 7.11 Å². The number of pyridine rings is 1. The van der Waals surface area contributed by atoms with E-state index in [0.717, 1.165) is 10.9 Å². The molecule has 2 aromatic rings. The predicted octanol–water partition coefficient (Wildman–Crippen LogP) is 2.30. The Morgan fingerprint density at radius 3 is 2.63 bits per heavy atom. The second kappa shape index (κ2) is 5.26. The van der Waals surface area contributed by atoms with Gasteiger partial charge in [-0.1, -0.05) is 18.2 Å². The van der Waals surface area contributed by atoms with E-state index in [-0.39, 0.29) is 18.0 Å². The molecule has 1 aromatic heterocycles. The molecule has 0 amide bonds. The lowest BCUT2D eigenvalue weighted by molar-refractivity contribution is -0.139. The van der Waals surface area contributed by atoms with E-state index in [2.05, 4.69) is 4.74 Å². The first-order chi connectivity index (χ1) is 9.04. The molecule has 4 nitrogen and oxygen atoms in total. The number of carbonyl (C=O) groups excluding carboxylic acids is 1. The molecule has 0 aliphatic rings. The van der Waals surface area contributed by atoms with Crippen molar-refractivity contribution in [1.29, 1.82) is 0 Å². The molecule has 0 radical (unpaired) electrons. The molecule has 0 bridgehead atoms. The number of hydrogen-bond donors (Lipinski definition) is 0. The molecule has 0 saturated carbocycles. The number of benzene rings is 1. The second-order valence-corrected chi connectivity index (χ2v) is 4.75. The van der Waals surface area contributed by atoms with Crippen molar-refractivity contribution in [2.75, 3.05) is 7.11 Å². The van der Waals surface area contributed by atoms with E-state index in [0.29, 0.717) is 5.56 Å². The third-order valence-electron chi connectivity index (χ3n) is 3.10. The molecule has 0 atom stereocenters. The van der Waals surface area contributed by atoms with E-state index in [4.69, 9.17) is 0 Å². The maximum absolute atomic E-state index is 12.4. The van der Waals surface area contributed by atoms with Crippen LogP contribution in [0.5, 0.6) is 0 Å². The molecule has 0 aliphatic heterocycles. The van der Waals surface area contributed by atoms with Crippen molar-refractivity contribution in [2.45, 2.75) is 26.3 Å². The summed E-state index contributed by atoms with van der Waals surface area (Å²) in [4.78, 5) is 23.8. The predicted molar refractivity (Wildman–Crippen MR) is 74.3 cm³/mol. The van der Waals surface area contributed by atoms with Crippen LogP contribution in [0.15, 0.2) is 35.1 Å². The van der Waals surface area contributed by atoms with Gasteiger partial charge in [0.15, 0.2) is 0 Å². The zero-order valence-corrected chi connectivity index (χ0v) is 11.3. The van der Waals surface area contributed by atoms with Crippen LogP contribution in [-0.2, 0) is 16.0 Å². The number of rotatable bonds is 3. The van der Waals surface area contributed by atoms with Crippen LogP contribution in [0.1, 0.15) is 25.5 Å². The third-order valence-corrected chi connectivity index (χ3v) is 3.10. The highest BCUT2D eigenvalue weighted by molar-refractivity contribution is 5.81. The maximum Gasteiger partial charge on any atom is 0.310 e. The number of methoxy groups -OCH3 is 1. The molecule has 0 N–H and O–H groups in total. The number of aromatic nitrogens is 1. The number of carbonyl (C=O) groups is 1. The summed E-state index contributed by atoms with van der Waals surface area (Å²) in [7, 11) is 1.32. The monoisotopic (exact) mass is 259 g/mol. The molecule has 0 saturated heterocycles. The molecule has 0 spiro atoms. The normalized spacial score (nSPS) is 10.9. The average Bonchev–Trinajstić information content (AvgIpc) is 2.39. The van der Waals surface area contributed by atoms with Crippen LogP contribution in [0.4, 0.5) is 0 Å². The average molecular weight is 259 g/mol. The highest BCUT2D eigenvalue weighted by atomic mass is 16.5. The quantitative estimate of drug-likeness (QED) is 0.795. The fourth-order valence-electron chi connectivity index (χ4n) is 2.21. The minimum Gasteiger partial charge on any atom is -0.469 e. The first-order valence-corrected chi connectivity index (χ1v) is 6.24. The van der Waals surface area contributed by atoms with Gasteiger partial charge in [-0.05, 0) is 31.4 Å². The number of hydrogen-bond acceptors (Lipinski definition) is 3. The molecule has 0 fully saturated rings. The van der Waals surface area contributed by atoms with Crippen LogP contribution in [0.25, 0.3) is 10.9 Å². The van der Waals surface area contributed by atoms with Gasteiger partial charge in [-0.2, -0.15) is 0 Å². The van der Waals surface area contributed by atoms with E-state index in [1.807, 2.05) is 38.1 Å². The molecular formula is C15H17NO3. The van der Waals surface area contributed by atoms with Crippen molar-refractivity contribution in [1.82, 2.24) is 4.57 Å². The summed E-state index contributed by atoms with van der Waals surface area (Å²) < 4.78 is 6.35. The van der Waals surface area contributed by atoms with Crippen molar-refractivity contribution in [3.63, 3.8) is 0 Å². The first kappa shape index (κ1) is 13.3. The molecular weight excluding hydrogens is 242 g/mol. The van der Waals surface area contributed by atoms with Gasteiger partial charge >= 0.3 is 5.97 Å². The van der Waals surface area contributed by atoms with Crippen LogP contribution in [0.3, 0.4) is 0 Å². The minimum absolute atomic E-state index is 0.00683. The summed E-state index contributed by atoms with van der Waals surface area (Å²) in [5.41, 5.74) is 1.23. The Kier molecular flexibility index (Phi) is 3.69. The van der Waals surface area contributed by atoms with Crippen LogP contribution >= 0.6 is 0 Å². The summed E-state index contributed by atoms with van der Waals surface area (Å²) >= 11 is 0. The zero-order valence-electron chi connectivity index (χ0n) is 11.3. The lowest BCUT2D eigenvalue weighted by Gasteiger charge is -2.15. The Labute approximate surface area is 111 Å². The third kappa shape index (κ3) is 2.52. The molecule has 0 aliphatic carbocycles. The van der Waals surface area contributed by atoms with E-state index in [9.17, 15) is 9.59 Å². The summed E-state index contributed by atoms with van der Waals surface area (Å²) in [5, 5.41) is 0.953. The Morgan fingerprint density at radius 1 is 1.32 bits per heavy atom. The van der Waals surface area contributed by atoms with Gasteiger partial charge in [0, 0.05) is 11.6 Å². The molecule has 100 valence electrons.